The number of nitrogens with one attached hydrogen (secondary N) is 1. The van der Waals surface area contributed by atoms with Gasteiger partial charge in [0.1, 0.15) is 5.15 Å². The van der Waals surface area contributed by atoms with Gasteiger partial charge in [-0.25, -0.2) is 4.99 Å². The van der Waals surface area contributed by atoms with Gasteiger partial charge in [0.2, 0.25) is 0 Å². The summed E-state index contributed by atoms with van der Waals surface area (Å²) in [5, 5.41) is 3.96. The second-order valence-corrected chi connectivity index (χ2v) is 5.49. The molecule has 0 aliphatic rings. The molecule has 2 rings (SSSR count). The monoisotopic (exact) mass is 356 g/mol. The molecule has 0 atom stereocenters. The normalized spacial score (nSPS) is 11.4. The van der Waals surface area contributed by atoms with Crippen molar-refractivity contribution in [3.05, 3.63) is 40.1 Å². The third-order valence-corrected chi connectivity index (χ3v) is 4.13. The third kappa shape index (κ3) is 4.03. The summed E-state index contributed by atoms with van der Waals surface area (Å²) >= 11 is 12.0. The fraction of sp³-hybridized carbons (Fsp3) is 0.267. The minimum absolute atomic E-state index is 0.269. The summed E-state index contributed by atoms with van der Waals surface area (Å²) in [4.78, 5) is 4.28. The zero-order valence-corrected chi connectivity index (χ0v) is 14.6. The van der Waals surface area contributed by atoms with Crippen molar-refractivity contribution in [1.29, 1.82) is 0 Å². The van der Waals surface area contributed by atoms with Crippen LogP contribution < -0.4 is 20.5 Å². The smallest absolute Gasteiger partial charge is 0.193 e. The zero-order chi connectivity index (χ0) is 17.0. The van der Waals surface area contributed by atoms with E-state index in [0.717, 1.165) is 11.4 Å². The van der Waals surface area contributed by atoms with Gasteiger partial charge in [-0.2, -0.15) is 0 Å². The van der Waals surface area contributed by atoms with Gasteiger partial charge in [0.25, 0.3) is 0 Å². The van der Waals surface area contributed by atoms with Crippen LogP contribution in [0.25, 0.3) is 0 Å². The first-order chi connectivity index (χ1) is 11.0. The average molecular weight is 357 g/mol. The molecule has 0 fully saturated rings. The molecule has 6 nitrogen and oxygen atoms in total. The molecule has 0 aliphatic heterocycles. The van der Waals surface area contributed by atoms with Crippen molar-refractivity contribution >= 4 is 34.8 Å². The molecule has 0 spiro atoms. The number of aromatic nitrogens is 1. The lowest BCUT2D eigenvalue weighted by atomic mass is 10.3. The Hall–Kier alpha value is -2.05. The van der Waals surface area contributed by atoms with Crippen molar-refractivity contribution in [3.63, 3.8) is 0 Å². The molecule has 0 aliphatic carbocycles. The number of hydrogen-bond donors (Lipinski definition) is 2. The fourth-order valence-corrected chi connectivity index (χ4v) is 2.42. The molecular formula is C15H18Cl2N4O2. The van der Waals surface area contributed by atoms with Crippen LogP contribution in [0.4, 0.5) is 5.69 Å². The van der Waals surface area contributed by atoms with Crippen LogP contribution in [0.3, 0.4) is 0 Å². The largest absolute Gasteiger partial charge is 0.493 e. The number of ether oxygens (including phenoxy) is 2. The van der Waals surface area contributed by atoms with Gasteiger partial charge in [0, 0.05) is 24.5 Å². The van der Waals surface area contributed by atoms with Gasteiger partial charge in [0.15, 0.2) is 17.5 Å². The summed E-state index contributed by atoms with van der Waals surface area (Å²) < 4.78 is 12.2. The van der Waals surface area contributed by atoms with E-state index >= 15 is 0 Å². The van der Waals surface area contributed by atoms with Crippen LogP contribution in [0.2, 0.25) is 10.2 Å². The number of hydrogen-bond acceptors (Lipinski definition) is 3. The van der Waals surface area contributed by atoms with Gasteiger partial charge in [-0.05, 0) is 18.2 Å². The van der Waals surface area contributed by atoms with Crippen LogP contribution in [0.1, 0.15) is 5.69 Å². The van der Waals surface area contributed by atoms with Crippen molar-refractivity contribution in [2.45, 2.75) is 6.54 Å². The second-order valence-electron chi connectivity index (χ2n) is 4.73. The number of nitrogens with two attached hydrogens (primary N) is 1. The quantitative estimate of drug-likeness (QED) is 0.636. The minimum atomic E-state index is 0.269. The van der Waals surface area contributed by atoms with Crippen molar-refractivity contribution in [2.75, 3.05) is 19.5 Å². The van der Waals surface area contributed by atoms with Gasteiger partial charge in [0.05, 0.1) is 25.8 Å². The van der Waals surface area contributed by atoms with Crippen LogP contribution in [-0.4, -0.2) is 24.7 Å². The number of guanidine groups is 1. The molecule has 0 unspecified atom stereocenters. The van der Waals surface area contributed by atoms with Gasteiger partial charge >= 0.3 is 0 Å². The molecule has 23 heavy (non-hydrogen) atoms. The van der Waals surface area contributed by atoms with E-state index in [2.05, 4.69) is 10.3 Å². The highest BCUT2D eigenvalue weighted by Gasteiger charge is 2.09. The Morgan fingerprint density at radius 3 is 2.48 bits per heavy atom. The maximum Gasteiger partial charge on any atom is 0.193 e. The minimum Gasteiger partial charge on any atom is -0.493 e. The highest BCUT2D eigenvalue weighted by Crippen LogP contribution is 2.29. The van der Waals surface area contributed by atoms with E-state index < -0.39 is 0 Å². The Kier molecular flexibility index (Phi) is 5.63. The first-order valence-corrected chi connectivity index (χ1v) is 7.50. The van der Waals surface area contributed by atoms with Gasteiger partial charge in [-0.15, -0.1) is 0 Å². The SMILES string of the molecule is COc1ccc(NC(N)=NCc2cc(Cl)c(Cl)n2C)cc1OC. The number of aliphatic imine (C=N–C) groups is 1. The van der Waals surface area contributed by atoms with E-state index in [4.69, 9.17) is 38.4 Å². The number of benzene rings is 1. The molecule has 1 heterocycles. The molecule has 2 aromatic rings. The number of rotatable bonds is 5. The van der Waals surface area contributed by atoms with Gasteiger partial charge in [-0.3, -0.25) is 0 Å². The molecule has 1 aromatic heterocycles. The van der Waals surface area contributed by atoms with E-state index in [0.29, 0.717) is 28.2 Å². The maximum absolute atomic E-state index is 6.02. The second kappa shape index (κ2) is 7.48. The van der Waals surface area contributed by atoms with Crippen LogP contribution in [0.5, 0.6) is 11.5 Å². The zero-order valence-electron chi connectivity index (χ0n) is 13.1. The molecule has 124 valence electrons. The van der Waals surface area contributed by atoms with Crippen molar-refractivity contribution in [1.82, 2.24) is 4.57 Å². The first-order valence-electron chi connectivity index (χ1n) is 6.74. The fourth-order valence-electron chi connectivity index (χ4n) is 2.01. The van der Waals surface area contributed by atoms with Crippen molar-refractivity contribution < 1.29 is 9.47 Å². The Bertz CT molecular complexity index is 729. The number of methoxy groups -OCH3 is 2. The van der Waals surface area contributed by atoms with Crippen LogP contribution in [0.15, 0.2) is 29.3 Å². The molecule has 0 bridgehead atoms. The molecule has 0 amide bonds. The molecule has 1 aromatic carbocycles. The predicted octanol–water partition coefficient (Wildman–Crippen LogP) is 3.28. The van der Waals surface area contributed by atoms with E-state index in [1.807, 2.05) is 13.1 Å². The summed E-state index contributed by atoms with van der Waals surface area (Å²) in [6, 6.07) is 7.14. The van der Waals surface area contributed by atoms with Crippen LogP contribution >= 0.6 is 23.2 Å². The molecular weight excluding hydrogens is 339 g/mol. The van der Waals surface area contributed by atoms with Crippen LogP contribution in [-0.2, 0) is 13.6 Å². The highest BCUT2D eigenvalue weighted by molar-refractivity contribution is 6.41. The lowest BCUT2D eigenvalue weighted by Gasteiger charge is -2.11. The summed E-state index contributed by atoms with van der Waals surface area (Å²) in [7, 11) is 4.97. The van der Waals surface area contributed by atoms with Crippen molar-refractivity contribution in [3.8, 4) is 11.5 Å². The molecule has 8 heteroatoms. The lowest BCUT2D eigenvalue weighted by Crippen LogP contribution is -2.22. The predicted molar refractivity (Wildman–Crippen MR) is 93.9 cm³/mol. The number of halogens is 2. The maximum atomic E-state index is 6.02. The van der Waals surface area contributed by atoms with E-state index in [9.17, 15) is 0 Å². The van der Waals surface area contributed by atoms with E-state index in [1.165, 1.54) is 0 Å². The molecule has 3 N–H and O–H groups in total. The third-order valence-electron chi connectivity index (χ3n) is 3.28. The Morgan fingerprint density at radius 2 is 1.91 bits per heavy atom. The van der Waals surface area contributed by atoms with Crippen molar-refractivity contribution in [2.24, 2.45) is 17.8 Å². The summed E-state index contributed by atoms with van der Waals surface area (Å²) in [6.45, 7) is 0.356. The molecule has 0 radical (unpaired) electrons. The standard InChI is InChI=1S/C15H18Cl2N4O2/c1-21-10(7-11(16)14(21)17)8-19-15(18)20-9-4-5-12(22-2)13(6-9)23-3/h4-7H,8H2,1-3H3,(H3,18,19,20). The van der Waals surface area contributed by atoms with Gasteiger partial charge in [-0.1, -0.05) is 23.2 Å². The Labute approximate surface area is 144 Å². The Balaban J connectivity index is 2.09. The first kappa shape index (κ1) is 17.3. The molecule has 0 saturated carbocycles. The topological polar surface area (TPSA) is 73.8 Å². The highest BCUT2D eigenvalue weighted by atomic mass is 35.5. The summed E-state index contributed by atoms with van der Waals surface area (Å²) in [5.74, 6) is 1.51. The average Bonchev–Trinajstić information content (AvgIpc) is 2.79. The summed E-state index contributed by atoms with van der Waals surface area (Å²) in [6.07, 6.45) is 0. The molecule has 0 saturated heterocycles. The van der Waals surface area contributed by atoms with E-state index in [-0.39, 0.29) is 5.96 Å². The number of nitrogens with zero attached hydrogens (tertiary/aromatic N) is 2. The van der Waals surface area contributed by atoms with E-state index in [1.54, 1.807) is 37.0 Å². The Morgan fingerprint density at radius 1 is 1.22 bits per heavy atom. The van der Waals surface area contributed by atoms with Crippen LogP contribution in [0, 0.1) is 0 Å². The lowest BCUT2D eigenvalue weighted by molar-refractivity contribution is 0.355. The number of anilines is 1. The summed E-state index contributed by atoms with van der Waals surface area (Å²) in [5.41, 5.74) is 7.50. The van der Waals surface area contributed by atoms with Gasteiger partial charge < -0.3 is 25.1 Å².